The summed E-state index contributed by atoms with van der Waals surface area (Å²) in [7, 11) is 0. The fraction of sp³-hybridized carbons (Fsp3) is 0.286. The molecule has 0 aromatic carbocycles. The van der Waals surface area contributed by atoms with Crippen molar-refractivity contribution in [1.82, 2.24) is 0 Å². The van der Waals surface area contributed by atoms with Crippen LogP contribution in [0.5, 0.6) is 0 Å². The van der Waals surface area contributed by atoms with Crippen LogP contribution in [-0.2, 0) is 0 Å². The van der Waals surface area contributed by atoms with Crippen LogP contribution in [0.1, 0.15) is 27.2 Å². The molecule has 0 N–H and O–H groups in total. The van der Waals surface area contributed by atoms with Gasteiger partial charge in [-0.05, 0) is 43.9 Å². The lowest BCUT2D eigenvalue weighted by molar-refractivity contribution is 1.06. The molecule has 0 heteroatoms. The van der Waals surface area contributed by atoms with Crippen molar-refractivity contribution in [2.45, 2.75) is 27.2 Å². The maximum absolute atomic E-state index is 4.05. The highest BCUT2D eigenvalue weighted by Gasteiger charge is 2.13. The van der Waals surface area contributed by atoms with Gasteiger partial charge in [0.15, 0.2) is 0 Å². The van der Waals surface area contributed by atoms with Gasteiger partial charge in [0.2, 0.25) is 0 Å². The Balaban J connectivity index is 3.22. The minimum Gasteiger partial charge on any atom is -0.0984 e. The molecule has 0 radical (unpaired) electrons. The summed E-state index contributed by atoms with van der Waals surface area (Å²) in [6, 6.07) is 0. The van der Waals surface area contributed by atoms with E-state index in [-0.39, 0.29) is 0 Å². The fourth-order valence-electron chi connectivity index (χ4n) is 1.77. The second-order valence-corrected chi connectivity index (χ2v) is 3.76. The highest BCUT2D eigenvalue weighted by molar-refractivity contribution is 5.57. The minimum atomic E-state index is 1.02. The van der Waals surface area contributed by atoms with Gasteiger partial charge in [0.05, 0.1) is 0 Å². The van der Waals surface area contributed by atoms with E-state index in [2.05, 4.69) is 46.1 Å². The van der Waals surface area contributed by atoms with E-state index in [1.807, 2.05) is 6.08 Å². The van der Waals surface area contributed by atoms with Crippen molar-refractivity contribution in [2.75, 3.05) is 0 Å². The summed E-state index contributed by atoms with van der Waals surface area (Å²) in [5, 5.41) is 0. The van der Waals surface area contributed by atoms with Crippen molar-refractivity contribution in [2.24, 2.45) is 0 Å². The Labute approximate surface area is 87.0 Å². The molecule has 0 spiro atoms. The molecule has 0 aromatic heterocycles. The van der Waals surface area contributed by atoms with Crippen LogP contribution < -0.4 is 0 Å². The lowest BCUT2D eigenvalue weighted by atomic mass is 9.86. The van der Waals surface area contributed by atoms with Crippen LogP contribution in [0.4, 0.5) is 0 Å². The first-order valence-corrected chi connectivity index (χ1v) is 4.95. The van der Waals surface area contributed by atoms with E-state index < -0.39 is 0 Å². The molecular weight excluding hydrogens is 168 g/mol. The largest absolute Gasteiger partial charge is 0.0984 e. The van der Waals surface area contributed by atoms with E-state index in [1.165, 1.54) is 22.3 Å². The van der Waals surface area contributed by atoms with E-state index >= 15 is 0 Å². The fourth-order valence-corrected chi connectivity index (χ4v) is 1.77. The molecule has 0 heterocycles. The number of rotatable bonds is 2. The first-order valence-electron chi connectivity index (χ1n) is 4.95. The van der Waals surface area contributed by atoms with E-state index in [0.717, 1.165) is 12.0 Å². The van der Waals surface area contributed by atoms with Crippen LogP contribution in [-0.4, -0.2) is 0 Å². The summed E-state index contributed by atoms with van der Waals surface area (Å²) in [6.45, 7) is 14.3. The highest BCUT2D eigenvalue weighted by atomic mass is 14.2. The molecule has 0 aliphatic heterocycles. The summed E-state index contributed by atoms with van der Waals surface area (Å²) < 4.78 is 0. The molecule has 0 saturated carbocycles. The van der Waals surface area contributed by atoms with Gasteiger partial charge in [-0.15, -0.1) is 0 Å². The molecule has 0 bridgehead atoms. The second kappa shape index (κ2) is 4.28. The Morgan fingerprint density at radius 2 is 2.14 bits per heavy atom. The predicted molar refractivity (Wildman–Crippen MR) is 64.2 cm³/mol. The average molecular weight is 186 g/mol. The van der Waals surface area contributed by atoms with Gasteiger partial charge < -0.3 is 0 Å². The summed E-state index contributed by atoms with van der Waals surface area (Å²) in [5.41, 5.74) is 6.35. The third-order valence-corrected chi connectivity index (χ3v) is 2.66. The Hall–Kier alpha value is -1.30. The Kier molecular flexibility index (Phi) is 3.29. The smallest absolute Gasteiger partial charge is 0.00579 e. The normalized spacial score (nSPS) is 18.4. The van der Waals surface area contributed by atoms with Crippen molar-refractivity contribution < 1.29 is 0 Å². The third-order valence-electron chi connectivity index (χ3n) is 2.66. The zero-order valence-corrected chi connectivity index (χ0v) is 9.35. The van der Waals surface area contributed by atoms with Crippen LogP contribution in [0.25, 0.3) is 0 Å². The molecule has 1 aliphatic rings. The molecule has 74 valence electrons. The van der Waals surface area contributed by atoms with Gasteiger partial charge in [-0.25, -0.2) is 0 Å². The molecule has 14 heavy (non-hydrogen) atoms. The number of hydrogen-bond acceptors (Lipinski definition) is 0. The first-order chi connectivity index (χ1) is 6.60. The lowest BCUT2D eigenvalue weighted by Crippen LogP contribution is -2.00. The second-order valence-electron chi connectivity index (χ2n) is 3.76. The van der Waals surface area contributed by atoms with Gasteiger partial charge >= 0.3 is 0 Å². The van der Waals surface area contributed by atoms with Crippen LogP contribution in [0.2, 0.25) is 0 Å². The monoisotopic (exact) mass is 186 g/mol. The van der Waals surface area contributed by atoms with Gasteiger partial charge in [-0.2, -0.15) is 0 Å². The summed E-state index contributed by atoms with van der Waals surface area (Å²) in [5.74, 6) is 0. The first kappa shape index (κ1) is 10.8. The Bertz CT molecular complexity index is 359. The lowest BCUT2D eigenvalue weighted by Gasteiger charge is -2.19. The predicted octanol–water partition coefficient (Wildman–Crippen LogP) is 4.34. The molecule has 1 aliphatic carbocycles. The molecule has 0 amide bonds. The molecule has 0 nitrogen and oxygen atoms in total. The van der Waals surface area contributed by atoms with Crippen molar-refractivity contribution >= 4 is 0 Å². The number of hydrogen-bond donors (Lipinski definition) is 0. The van der Waals surface area contributed by atoms with E-state index in [1.54, 1.807) is 0 Å². The summed E-state index contributed by atoms with van der Waals surface area (Å²) in [4.78, 5) is 0. The number of allylic oxidation sites excluding steroid dienone is 8. The molecule has 1 rings (SSSR count). The van der Waals surface area contributed by atoms with Crippen LogP contribution in [0, 0.1) is 0 Å². The van der Waals surface area contributed by atoms with Crippen LogP contribution in [0.15, 0.2) is 59.3 Å². The van der Waals surface area contributed by atoms with E-state index in [9.17, 15) is 0 Å². The SMILES string of the molecule is C=CC1=C(/C(C)=C\C)CC(C)=CC1=C. The van der Waals surface area contributed by atoms with E-state index in [4.69, 9.17) is 0 Å². The van der Waals surface area contributed by atoms with Gasteiger partial charge in [0, 0.05) is 0 Å². The Morgan fingerprint density at radius 1 is 1.50 bits per heavy atom. The van der Waals surface area contributed by atoms with Gasteiger partial charge in [-0.3, -0.25) is 0 Å². The molecule has 0 fully saturated rings. The van der Waals surface area contributed by atoms with E-state index in [0.29, 0.717) is 0 Å². The quantitative estimate of drug-likeness (QED) is 0.601. The Morgan fingerprint density at radius 3 is 2.64 bits per heavy atom. The van der Waals surface area contributed by atoms with Crippen LogP contribution >= 0.6 is 0 Å². The van der Waals surface area contributed by atoms with Gasteiger partial charge in [0.25, 0.3) is 0 Å². The van der Waals surface area contributed by atoms with Crippen molar-refractivity contribution in [1.29, 1.82) is 0 Å². The third kappa shape index (κ3) is 1.95. The van der Waals surface area contributed by atoms with Crippen molar-refractivity contribution in [3.05, 3.63) is 59.3 Å². The molecular formula is C14H18. The van der Waals surface area contributed by atoms with Gasteiger partial charge in [-0.1, -0.05) is 42.5 Å². The zero-order valence-electron chi connectivity index (χ0n) is 9.35. The van der Waals surface area contributed by atoms with Crippen LogP contribution in [0.3, 0.4) is 0 Å². The minimum absolute atomic E-state index is 1.02. The zero-order chi connectivity index (χ0) is 10.7. The summed E-state index contributed by atoms with van der Waals surface area (Å²) >= 11 is 0. The van der Waals surface area contributed by atoms with Crippen molar-refractivity contribution in [3.63, 3.8) is 0 Å². The topological polar surface area (TPSA) is 0 Å². The molecule has 0 atom stereocenters. The highest BCUT2D eigenvalue weighted by Crippen LogP contribution is 2.32. The summed E-state index contributed by atoms with van der Waals surface area (Å²) in [6.07, 6.45) is 7.22. The van der Waals surface area contributed by atoms with Gasteiger partial charge in [0.1, 0.15) is 0 Å². The maximum Gasteiger partial charge on any atom is -0.00579 e. The molecule has 0 saturated heterocycles. The maximum atomic E-state index is 4.05. The standard InChI is InChI=1S/C14H18/c1-6-11(4)14-9-10(3)8-12(5)13(14)7-2/h6-8H,2,5,9H2,1,3-4H3/b11-6-. The molecule has 0 unspecified atom stereocenters. The average Bonchev–Trinajstić information content (AvgIpc) is 2.15. The van der Waals surface area contributed by atoms with Crippen molar-refractivity contribution in [3.8, 4) is 0 Å². The molecule has 0 aromatic rings.